The fraction of sp³-hybridized carbons (Fsp3) is 0.481. The van der Waals surface area contributed by atoms with E-state index in [4.69, 9.17) is 27.9 Å². The van der Waals surface area contributed by atoms with E-state index in [1.807, 2.05) is 24.8 Å². The van der Waals surface area contributed by atoms with Crippen molar-refractivity contribution < 1.29 is 18.7 Å². The van der Waals surface area contributed by atoms with Crippen LogP contribution in [0.1, 0.15) is 50.2 Å². The lowest BCUT2D eigenvalue weighted by Crippen LogP contribution is -2.51. The van der Waals surface area contributed by atoms with Crippen LogP contribution in [0.2, 0.25) is 10.0 Å². The maximum Gasteiger partial charge on any atom is 0.414 e. The van der Waals surface area contributed by atoms with Gasteiger partial charge in [0.25, 0.3) is 0 Å². The summed E-state index contributed by atoms with van der Waals surface area (Å²) in [5, 5.41) is 0.890. The Kier molecular flexibility index (Phi) is 8.12. The van der Waals surface area contributed by atoms with Crippen molar-refractivity contribution in [2.24, 2.45) is 0 Å². The number of piperidine rings is 1. The van der Waals surface area contributed by atoms with Crippen LogP contribution in [-0.4, -0.2) is 61.6 Å². The van der Waals surface area contributed by atoms with Gasteiger partial charge in [-0.2, -0.15) is 0 Å². The first-order valence-electron chi connectivity index (χ1n) is 12.4. The van der Waals surface area contributed by atoms with Crippen molar-refractivity contribution in [3.63, 3.8) is 0 Å². The predicted molar refractivity (Wildman–Crippen MR) is 140 cm³/mol. The highest BCUT2D eigenvalue weighted by Gasteiger charge is 2.46. The Morgan fingerprint density at radius 3 is 2.44 bits per heavy atom. The monoisotopic (exact) mass is 535 g/mol. The van der Waals surface area contributed by atoms with Gasteiger partial charge in [-0.25, -0.2) is 9.18 Å². The average molecular weight is 536 g/mol. The maximum absolute atomic E-state index is 14.1. The van der Waals surface area contributed by atoms with Crippen molar-refractivity contribution in [3.05, 3.63) is 63.4 Å². The average Bonchev–Trinajstić information content (AvgIpc) is 2.87. The van der Waals surface area contributed by atoms with Crippen LogP contribution in [0.5, 0.6) is 0 Å². The van der Waals surface area contributed by atoms with E-state index in [9.17, 15) is 14.0 Å². The number of anilines is 1. The van der Waals surface area contributed by atoms with Gasteiger partial charge in [-0.3, -0.25) is 9.69 Å². The molecule has 4 rings (SSSR count). The molecule has 0 aromatic heterocycles. The minimum Gasteiger partial charge on any atom is -0.437 e. The van der Waals surface area contributed by atoms with Crippen LogP contribution in [0.15, 0.2) is 36.4 Å². The lowest BCUT2D eigenvalue weighted by Gasteiger charge is -2.46. The molecule has 36 heavy (non-hydrogen) atoms. The number of hydrogen-bond donors (Lipinski definition) is 0. The first-order chi connectivity index (χ1) is 17.2. The van der Waals surface area contributed by atoms with Crippen molar-refractivity contribution in [1.82, 2.24) is 9.80 Å². The van der Waals surface area contributed by atoms with E-state index >= 15 is 0 Å². The topological polar surface area (TPSA) is 53.1 Å². The summed E-state index contributed by atoms with van der Waals surface area (Å²) in [7, 11) is 1.64. The standard InChI is InChI=1S/C27H32Cl2FN3O3/c1-4-33(5-2)25(34)20(18-6-8-22(28)23(29)16-18)10-13-32-14-11-27(12-15-32)21-17-19(30)7-9-24(21)31(3)26(35)36-27/h6-9,16-17,20H,4-5,10-15H2,1-3H3. The second kappa shape index (κ2) is 11.0. The number of carbonyl (C=O) groups is 2. The largest absolute Gasteiger partial charge is 0.437 e. The Labute approximate surface area is 221 Å². The van der Waals surface area contributed by atoms with E-state index < -0.39 is 11.7 Å². The lowest BCUT2D eigenvalue weighted by molar-refractivity contribution is -0.132. The second-order valence-corrected chi connectivity index (χ2v) is 10.3. The van der Waals surface area contributed by atoms with Crippen LogP contribution < -0.4 is 4.90 Å². The summed E-state index contributed by atoms with van der Waals surface area (Å²) in [5.41, 5.74) is 1.42. The third kappa shape index (κ3) is 5.20. The first-order valence-corrected chi connectivity index (χ1v) is 13.2. The van der Waals surface area contributed by atoms with Gasteiger partial charge in [0.1, 0.15) is 11.4 Å². The van der Waals surface area contributed by atoms with E-state index in [1.54, 1.807) is 25.2 Å². The van der Waals surface area contributed by atoms with Gasteiger partial charge in [-0.05, 0) is 62.7 Å². The van der Waals surface area contributed by atoms with Crippen molar-refractivity contribution in [3.8, 4) is 0 Å². The Morgan fingerprint density at radius 1 is 1.11 bits per heavy atom. The van der Waals surface area contributed by atoms with Gasteiger partial charge in [0.15, 0.2) is 0 Å². The summed E-state index contributed by atoms with van der Waals surface area (Å²) in [6, 6.07) is 9.88. The number of halogens is 3. The molecule has 0 N–H and O–H groups in total. The molecule has 6 nitrogen and oxygen atoms in total. The Bertz CT molecular complexity index is 1130. The van der Waals surface area contributed by atoms with Gasteiger partial charge < -0.3 is 14.5 Å². The molecular weight excluding hydrogens is 504 g/mol. The first kappa shape index (κ1) is 26.7. The smallest absolute Gasteiger partial charge is 0.414 e. The van der Waals surface area contributed by atoms with Crippen LogP contribution in [0.3, 0.4) is 0 Å². The molecule has 2 aliphatic heterocycles. The van der Waals surface area contributed by atoms with Gasteiger partial charge in [-0.1, -0.05) is 29.3 Å². The van der Waals surface area contributed by atoms with Gasteiger partial charge >= 0.3 is 6.09 Å². The molecule has 2 amide bonds. The zero-order valence-electron chi connectivity index (χ0n) is 20.9. The fourth-order valence-electron chi connectivity index (χ4n) is 5.29. The van der Waals surface area contributed by atoms with Crippen molar-refractivity contribution in [1.29, 1.82) is 0 Å². The zero-order chi connectivity index (χ0) is 26.0. The van der Waals surface area contributed by atoms with E-state index in [-0.39, 0.29) is 17.6 Å². The summed E-state index contributed by atoms with van der Waals surface area (Å²) in [4.78, 5) is 31.5. The molecule has 2 heterocycles. The third-order valence-corrected chi connectivity index (χ3v) is 8.22. The highest BCUT2D eigenvalue weighted by atomic mass is 35.5. The zero-order valence-corrected chi connectivity index (χ0v) is 22.4. The number of hydrogen-bond acceptors (Lipinski definition) is 4. The molecule has 2 aromatic carbocycles. The minimum atomic E-state index is -0.836. The second-order valence-electron chi connectivity index (χ2n) is 9.45. The number of rotatable bonds is 7. The number of carbonyl (C=O) groups excluding carboxylic acids is 2. The van der Waals surface area contributed by atoms with E-state index in [0.717, 1.165) is 11.1 Å². The van der Waals surface area contributed by atoms with E-state index in [2.05, 4.69) is 4.90 Å². The molecule has 1 spiro atoms. The summed E-state index contributed by atoms with van der Waals surface area (Å²) in [6.45, 7) is 7.24. The predicted octanol–water partition coefficient (Wildman–Crippen LogP) is 6.05. The summed E-state index contributed by atoms with van der Waals surface area (Å²) >= 11 is 12.4. The van der Waals surface area contributed by atoms with Gasteiger partial charge in [0.2, 0.25) is 5.91 Å². The van der Waals surface area contributed by atoms with Crippen LogP contribution >= 0.6 is 23.2 Å². The summed E-state index contributed by atoms with van der Waals surface area (Å²) in [5.74, 6) is -0.617. The molecule has 0 bridgehead atoms. The molecule has 0 radical (unpaired) electrons. The number of benzene rings is 2. The molecule has 194 valence electrons. The highest BCUT2D eigenvalue weighted by Crippen LogP contribution is 2.45. The van der Waals surface area contributed by atoms with Gasteiger partial charge in [0, 0.05) is 51.6 Å². The molecule has 0 saturated carbocycles. The quantitative estimate of drug-likeness (QED) is 0.432. The summed E-state index contributed by atoms with van der Waals surface area (Å²) in [6.07, 6.45) is 1.32. The number of ether oxygens (including phenoxy) is 1. The van der Waals surface area contributed by atoms with Crippen LogP contribution in [0.25, 0.3) is 0 Å². The number of likely N-dealkylation sites (tertiary alicyclic amines) is 1. The minimum absolute atomic E-state index is 0.0699. The SMILES string of the molecule is CCN(CC)C(=O)C(CCN1CCC2(CC1)OC(=O)N(C)c1ccc(F)cc12)c1ccc(Cl)c(Cl)c1. The molecule has 2 aliphatic rings. The van der Waals surface area contributed by atoms with Crippen LogP contribution in [0, 0.1) is 5.82 Å². The molecule has 2 aromatic rings. The van der Waals surface area contributed by atoms with Crippen molar-refractivity contribution >= 4 is 40.9 Å². The normalized spacial score (nSPS) is 18.1. The number of likely N-dealkylation sites (N-methyl/N-ethyl adjacent to an activating group) is 1. The lowest BCUT2D eigenvalue weighted by atomic mass is 9.81. The number of amides is 2. The van der Waals surface area contributed by atoms with Crippen molar-refractivity contribution in [2.45, 2.75) is 44.6 Å². The highest BCUT2D eigenvalue weighted by molar-refractivity contribution is 6.42. The summed E-state index contributed by atoms with van der Waals surface area (Å²) < 4.78 is 20.0. The number of fused-ring (bicyclic) bond motifs is 2. The Hall–Kier alpha value is -2.35. The molecule has 1 fully saturated rings. The third-order valence-electron chi connectivity index (χ3n) is 7.48. The van der Waals surface area contributed by atoms with Gasteiger partial charge in [-0.15, -0.1) is 0 Å². The van der Waals surface area contributed by atoms with Gasteiger partial charge in [0.05, 0.1) is 21.7 Å². The molecule has 1 saturated heterocycles. The van der Waals surface area contributed by atoms with Crippen LogP contribution in [0.4, 0.5) is 14.9 Å². The molecule has 0 aliphatic carbocycles. The Balaban J connectivity index is 1.49. The fourth-order valence-corrected chi connectivity index (χ4v) is 5.60. The molecular formula is C27H32Cl2FN3O3. The van der Waals surface area contributed by atoms with Crippen molar-refractivity contribution in [2.75, 3.05) is 44.7 Å². The number of nitrogens with zero attached hydrogens (tertiary/aromatic N) is 3. The van der Waals surface area contributed by atoms with E-state index in [0.29, 0.717) is 67.7 Å². The molecule has 1 atom stereocenters. The molecule has 9 heteroatoms. The van der Waals surface area contributed by atoms with E-state index in [1.165, 1.54) is 17.0 Å². The molecule has 1 unspecified atom stereocenters. The Morgan fingerprint density at radius 2 is 1.81 bits per heavy atom. The van der Waals surface area contributed by atoms with Crippen LogP contribution in [-0.2, 0) is 15.1 Å². The maximum atomic E-state index is 14.1.